The van der Waals surface area contributed by atoms with Crippen molar-refractivity contribution < 1.29 is 4.79 Å². The SMILES string of the molecule is CC(C)(CC(N)=O)Nc1ccc(N)cc1I. The number of primary amides is 1. The summed E-state index contributed by atoms with van der Waals surface area (Å²) in [6.45, 7) is 3.87. The molecule has 1 amide bonds. The van der Waals surface area contributed by atoms with Crippen molar-refractivity contribution in [2.75, 3.05) is 11.1 Å². The van der Waals surface area contributed by atoms with Crippen molar-refractivity contribution in [1.29, 1.82) is 0 Å². The van der Waals surface area contributed by atoms with Gasteiger partial charge in [0.25, 0.3) is 0 Å². The van der Waals surface area contributed by atoms with Gasteiger partial charge in [-0.25, -0.2) is 0 Å². The number of benzene rings is 1. The molecule has 0 fully saturated rings. The molecule has 0 aliphatic rings. The van der Waals surface area contributed by atoms with Crippen LogP contribution in [0.4, 0.5) is 11.4 Å². The first-order valence-corrected chi connectivity index (χ1v) is 5.99. The van der Waals surface area contributed by atoms with Gasteiger partial charge in [-0.3, -0.25) is 4.79 Å². The van der Waals surface area contributed by atoms with Crippen LogP contribution in [0.2, 0.25) is 0 Å². The lowest BCUT2D eigenvalue weighted by Gasteiger charge is -2.26. The molecule has 0 saturated carbocycles. The number of rotatable bonds is 4. The van der Waals surface area contributed by atoms with Crippen LogP contribution < -0.4 is 16.8 Å². The number of amides is 1. The summed E-state index contributed by atoms with van der Waals surface area (Å²) < 4.78 is 1.02. The van der Waals surface area contributed by atoms with Gasteiger partial charge in [0.2, 0.25) is 5.91 Å². The lowest BCUT2D eigenvalue weighted by molar-refractivity contribution is -0.118. The molecule has 1 rings (SSSR count). The summed E-state index contributed by atoms with van der Waals surface area (Å²) in [4.78, 5) is 10.9. The molecule has 5 N–H and O–H groups in total. The van der Waals surface area contributed by atoms with Crippen molar-refractivity contribution in [2.24, 2.45) is 5.73 Å². The molecule has 4 nitrogen and oxygen atoms in total. The number of anilines is 2. The predicted molar refractivity (Wildman–Crippen MR) is 75.1 cm³/mol. The third-order valence-corrected chi connectivity index (χ3v) is 2.97. The monoisotopic (exact) mass is 333 g/mol. The molecule has 0 bridgehead atoms. The predicted octanol–water partition coefficient (Wildman–Crippen LogP) is 1.94. The zero-order valence-corrected chi connectivity index (χ0v) is 11.5. The average molecular weight is 333 g/mol. The minimum Gasteiger partial charge on any atom is -0.399 e. The largest absolute Gasteiger partial charge is 0.399 e. The van der Waals surface area contributed by atoms with Crippen LogP contribution in [-0.2, 0) is 4.79 Å². The second-order valence-corrected chi connectivity index (χ2v) is 5.55. The number of nitrogen functional groups attached to an aromatic ring is 1. The molecule has 0 saturated heterocycles. The maximum Gasteiger partial charge on any atom is 0.219 e. The number of nitrogens with two attached hydrogens (primary N) is 2. The van der Waals surface area contributed by atoms with Gasteiger partial charge >= 0.3 is 0 Å². The lowest BCUT2D eigenvalue weighted by Crippen LogP contribution is -2.36. The van der Waals surface area contributed by atoms with Crippen molar-refractivity contribution in [3.63, 3.8) is 0 Å². The Bertz CT molecular complexity index is 404. The minimum atomic E-state index is -0.359. The van der Waals surface area contributed by atoms with Gasteiger partial charge in [0.15, 0.2) is 0 Å². The van der Waals surface area contributed by atoms with Crippen LogP contribution in [0.5, 0.6) is 0 Å². The molecule has 0 heterocycles. The molecule has 1 aromatic carbocycles. The molecule has 5 heteroatoms. The van der Waals surface area contributed by atoms with E-state index in [1.165, 1.54) is 0 Å². The standard InChI is InChI=1S/C11H16IN3O/c1-11(2,6-10(14)16)15-9-4-3-7(13)5-8(9)12/h3-5,15H,6,13H2,1-2H3,(H2,14,16). The molecular weight excluding hydrogens is 317 g/mol. The van der Waals surface area contributed by atoms with Crippen LogP contribution in [0.3, 0.4) is 0 Å². The molecule has 16 heavy (non-hydrogen) atoms. The van der Waals surface area contributed by atoms with Gasteiger partial charge in [-0.05, 0) is 54.6 Å². The summed E-state index contributed by atoms with van der Waals surface area (Å²) in [6.07, 6.45) is 0.285. The second kappa shape index (κ2) is 4.90. The Hall–Kier alpha value is -0.980. The van der Waals surface area contributed by atoms with Crippen molar-refractivity contribution in [1.82, 2.24) is 0 Å². The molecule has 0 aliphatic heterocycles. The number of carbonyl (C=O) groups is 1. The molecule has 0 unspecified atom stereocenters. The summed E-state index contributed by atoms with van der Waals surface area (Å²) in [5.41, 5.74) is 12.2. The van der Waals surface area contributed by atoms with Gasteiger partial charge in [-0.2, -0.15) is 0 Å². The first kappa shape index (κ1) is 13.1. The number of hydrogen-bond acceptors (Lipinski definition) is 3. The van der Waals surface area contributed by atoms with Crippen LogP contribution in [-0.4, -0.2) is 11.4 Å². The van der Waals surface area contributed by atoms with Crippen molar-refractivity contribution in [3.8, 4) is 0 Å². The molecule has 0 radical (unpaired) electrons. The fourth-order valence-electron chi connectivity index (χ4n) is 1.48. The first-order valence-electron chi connectivity index (χ1n) is 4.92. The van der Waals surface area contributed by atoms with Gasteiger partial charge < -0.3 is 16.8 Å². The summed E-state index contributed by atoms with van der Waals surface area (Å²) in [7, 11) is 0. The van der Waals surface area contributed by atoms with E-state index in [0.717, 1.165) is 14.9 Å². The lowest BCUT2D eigenvalue weighted by atomic mass is 10.00. The fourth-order valence-corrected chi connectivity index (χ4v) is 2.15. The highest BCUT2D eigenvalue weighted by molar-refractivity contribution is 14.1. The van der Waals surface area contributed by atoms with Gasteiger partial charge in [0.05, 0.1) is 0 Å². The molecule has 0 aromatic heterocycles. The average Bonchev–Trinajstić information content (AvgIpc) is 2.07. The Morgan fingerprint density at radius 3 is 2.62 bits per heavy atom. The molecular formula is C11H16IN3O. The van der Waals surface area contributed by atoms with E-state index in [1.54, 1.807) is 0 Å². The van der Waals surface area contributed by atoms with E-state index < -0.39 is 0 Å². The van der Waals surface area contributed by atoms with Crippen molar-refractivity contribution in [3.05, 3.63) is 21.8 Å². The number of halogens is 1. The summed E-state index contributed by atoms with van der Waals surface area (Å²) in [6, 6.07) is 5.61. The molecule has 0 aliphatic carbocycles. The maximum absolute atomic E-state index is 10.9. The zero-order valence-electron chi connectivity index (χ0n) is 9.38. The Kier molecular flexibility index (Phi) is 4.01. The van der Waals surface area contributed by atoms with Gasteiger partial charge in [-0.15, -0.1) is 0 Å². The quantitative estimate of drug-likeness (QED) is 0.582. The van der Waals surface area contributed by atoms with Crippen LogP contribution in [0, 0.1) is 3.57 Å². The number of carbonyl (C=O) groups excluding carboxylic acids is 1. The number of hydrogen-bond donors (Lipinski definition) is 3. The van der Waals surface area contributed by atoms with Crippen LogP contribution in [0.15, 0.2) is 18.2 Å². The number of nitrogens with one attached hydrogen (secondary N) is 1. The van der Waals surface area contributed by atoms with Crippen LogP contribution in [0.25, 0.3) is 0 Å². The Morgan fingerprint density at radius 1 is 1.50 bits per heavy atom. The summed E-state index contributed by atoms with van der Waals surface area (Å²) in [5.74, 6) is -0.317. The third-order valence-electron chi connectivity index (χ3n) is 2.08. The highest BCUT2D eigenvalue weighted by Crippen LogP contribution is 2.25. The minimum absolute atomic E-state index is 0.285. The Balaban J connectivity index is 2.83. The summed E-state index contributed by atoms with van der Waals surface area (Å²) >= 11 is 2.20. The highest BCUT2D eigenvalue weighted by Gasteiger charge is 2.20. The van der Waals surface area contributed by atoms with E-state index in [2.05, 4.69) is 27.9 Å². The van der Waals surface area contributed by atoms with E-state index >= 15 is 0 Å². The second-order valence-electron chi connectivity index (χ2n) is 4.39. The van der Waals surface area contributed by atoms with Crippen molar-refractivity contribution >= 4 is 39.9 Å². The Labute approximate surface area is 109 Å². The highest BCUT2D eigenvalue weighted by atomic mass is 127. The summed E-state index contributed by atoms with van der Waals surface area (Å²) in [5, 5.41) is 3.28. The van der Waals surface area contributed by atoms with E-state index in [4.69, 9.17) is 11.5 Å². The molecule has 0 spiro atoms. The smallest absolute Gasteiger partial charge is 0.219 e. The van der Waals surface area contributed by atoms with Crippen LogP contribution in [0.1, 0.15) is 20.3 Å². The van der Waals surface area contributed by atoms with E-state index in [-0.39, 0.29) is 17.9 Å². The normalized spacial score (nSPS) is 11.2. The fraction of sp³-hybridized carbons (Fsp3) is 0.364. The maximum atomic E-state index is 10.9. The van der Waals surface area contributed by atoms with Crippen molar-refractivity contribution in [2.45, 2.75) is 25.8 Å². The van der Waals surface area contributed by atoms with E-state index in [9.17, 15) is 4.79 Å². The zero-order chi connectivity index (χ0) is 12.3. The topological polar surface area (TPSA) is 81.1 Å². The molecule has 88 valence electrons. The van der Waals surface area contributed by atoms with Gasteiger partial charge in [0, 0.05) is 26.9 Å². The molecule has 0 atom stereocenters. The van der Waals surface area contributed by atoms with Gasteiger partial charge in [-0.1, -0.05) is 0 Å². The van der Waals surface area contributed by atoms with Gasteiger partial charge in [0.1, 0.15) is 0 Å². The van der Waals surface area contributed by atoms with E-state index in [0.29, 0.717) is 0 Å². The third kappa shape index (κ3) is 3.88. The van der Waals surface area contributed by atoms with Crippen LogP contribution >= 0.6 is 22.6 Å². The molecule has 1 aromatic rings. The first-order chi connectivity index (χ1) is 7.30. The van der Waals surface area contributed by atoms with E-state index in [1.807, 2.05) is 32.0 Å². The Morgan fingerprint density at radius 2 is 2.12 bits per heavy atom.